The highest BCUT2D eigenvalue weighted by Crippen LogP contribution is 2.44. The average Bonchev–Trinajstić information content (AvgIpc) is 2.66. The number of piperidine rings is 1. The Hall–Kier alpha value is -2.34. The van der Waals surface area contributed by atoms with Crippen LogP contribution in [0.5, 0.6) is 5.75 Å². The fraction of sp³-hybridized carbons (Fsp3) is 0.474. The molecule has 2 atom stereocenters. The molecule has 1 spiro atoms. The van der Waals surface area contributed by atoms with Crippen LogP contribution in [0, 0.1) is 5.89 Å². The molecule has 1 N–H and O–H groups in total. The molecule has 25 heavy (non-hydrogen) atoms. The van der Waals surface area contributed by atoms with E-state index >= 15 is 0 Å². The van der Waals surface area contributed by atoms with E-state index in [2.05, 4.69) is 6.58 Å². The number of carbonyl (C=O) groups is 2. The smallest absolute Gasteiger partial charge is 0.410 e. The molecule has 2 aliphatic rings. The first-order chi connectivity index (χ1) is 13.9. The van der Waals surface area contributed by atoms with E-state index in [1.807, 2.05) is 0 Å². The minimum atomic E-state index is -2.75. The molecular formula is C19H23NO5. The Kier molecular flexibility index (Phi) is 3.33. The maximum Gasteiger partial charge on any atom is 0.410 e. The van der Waals surface area contributed by atoms with Crippen molar-refractivity contribution in [2.24, 2.45) is 5.89 Å². The quantitative estimate of drug-likeness (QED) is 0.847. The van der Waals surface area contributed by atoms with Crippen molar-refractivity contribution < 1.29 is 31.0 Å². The van der Waals surface area contributed by atoms with Crippen LogP contribution in [0.25, 0.3) is 0 Å². The van der Waals surface area contributed by atoms with Gasteiger partial charge in [-0.1, -0.05) is 24.8 Å². The number of hydrogen-bond donors (Lipinski definition) is 1. The first-order valence-corrected chi connectivity index (χ1v) is 7.89. The molecule has 1 aromatic carbocycles. The van der Waals surface area contributed by atoms with E-state index in [1.54, 1.807) is 0 Å². The topological polar surface area (TPSA) is 76.1 Å². The Morgan fingerprint density at radius 1 is 1.60 bits per heavy atom. The number of para-hydroxylation sites is 1. The van der Waals surface area contributed by atoms with Crippen molar-refractivity contribution in [2.75, 3.05) is 19.7 Å². The SMILES string of the molecule is [2H]C1([2H])CN(C(=O)OCC=C)CC([2H])([2H])C12Oc1ccccc1C(=O)C2([2H])C(C)O. The zero-order valence-corrected chi connectivity index (χ0v) is 13.8. The Labute approximate surface area is 154 Å². The Bertz CT molecular complexity index is 872. The van der Waals surface area contributed by atoms with Gasteiger partial charge in [-0.3, -0.25) is 4.79 Å². The van der Waals surface area contributed by atoms with Crippen LogP contribution in [-0.4, -0.2) is 53.3 Å². The molecule has 2 aliphatic heterocycles. The zero-order valence-electron chi connectivity index (χ0n) is 18.8. The van der Waals surface area contributed by atoms with Crippen molar-refractivity contribution in [3.63, 3.8) is 0 Å². The van der Waals surface area contributed by atoms with Gasteiger partial charge in [0, 0.05) is 32.7 Å². The number of benzene rings is 1. The van der Waals surface area contributed by atoms with Gasteiger partial charge in [-0.2, -0.15) is 0 Å². The summed E-state index contributed by atoms with van der Waals surface area (Å²) in [6, 6.07) is 5.82. The van der Waals surface area contributed by atoms with Gasteiger partial charge in [-0.25, -0.2) is 4.79 Å². The first-order valence-electron chi connectivity index (χ1n) is 10.4. The van der Waals surface area contributed by atoms with Gasteiger partial charge in [-0.05, 0) is 19.1 Å². The van der Waals surface area contributed by atoms with Crippen LogP contribution in [0.4, 0.5) is 4.79 Å². The summed E-state index contributed by atoms with van der Waals surface area (Å²) in [6.45, 7) is 2.99. The number of ether oxygens (including phenoxy) is 2. The molecule has 1 amide bonds. The lowest BCUT2D eigenvalue weighted by Crippen LogP contribution is -2.60. The molecule has 0 saturated carbocycles. The lowest BCUT2D eigenvalue weighted by atomic mass is 9.71. The summed E-state index contributed by atoms with van der Waals surface area (Å²) in [5.74, 6) is -3.75. The van der Waals surface area contributed by atoms with Crippen molar-refractivity contribution in [3.05, 3.63) is 42.5 Å². The molecule has 1 fully saturated rings. The minimum absolute atomic E-state index is 0.0431. The van der Waals surface area contributed by atoms with Gasteiger partial charge in [0.2, 0.25) is 0 Å². The van der Waals surface area contributed by atoms with Crippen LogP contribution >= 0.6 is 0 Å². The highest BCUT2D eigenvalue weighted by Gasteiger charge is 2.53. The number of aliphatic hydroxyl groups is 1. The van der Waals surface area contributed by atoms with Crippen LogP contribution in [0.1, 0.15) is 36.9 Å². The lowest BCUT2D eigenvalue weighted by Gasteiger charge is -2.48. The van der Waals surface area contributed by atoms with Crippen LogP contribution in [0.15, 0.2) is 36.9 Å². The number of ketones is 1. The maximum atomic E-state index is 13.3. The molecule has 134 valence electrons. The predicted octanol–water partition coefficient (Wildman–Crippen LogP) is 2.42. The number of Topliss-reactive ketones (excluding diaryl/α,β-unsaturated/α-hetero) is 1. The van der Waals surface area contributed by atoms with Crippen LogP contribution < -0.4 is 4.74 Å². The van der Waals surface area contributed by atoms with Crippen LogP contribution in [-0.2, 0) is 4.74 Å². The lowest BCUT2D eigenvalue weighted by molar-refractivity contribution is -0.0730. The van der Waals surface area contributed by atoms with E-state index < -0.39 is 55.3 Å². The molecule has 0 aromatic heterocycles. The van der Waals surface area contributed by atoms with Gasteiger partial charge in [0.05, 0.1) is 17.6 Å². The third kappa shape index (κ3) is 3.14. The second-order valence-corrected chi connectivity index (χ2v) is 5.77. The predicted molar refractivity (Wildman–Crippen MR) is 91.7 cm³/mol. The number of rotatable bonds is 3. The molecule has 0 radical (unpaired) electrons. The molecule has 0 aliphatic carbocycles. The van der Waals surface area contributed by atoms with Crippen LogP contribution in [0.3, 0.4) is 0 Å². The molecule has 0 bridgehead atoms. The summed E-state index contributed by atoms with van der Waals surface area (Å²) in [6.07, 6.45) is -6.92. The molecular weight excluding hydrogens is 322 g/mol. The van der Waals surface area contributed by atoms with E-state index in [9.17, 15) is 14.7 Å². The summed E-state index contributed by atoms with van der Waals surface area (Å²) in [7, 11) is 0. The highest BCUT2D eigenvalue weighted by atomic mass is 16.6. The number of aliphatic hydroxyl groups excluding tert-OH is 1. The largest absolute Gasteiger partial charge is 0.486 e. The van der Waals surface area contributed by atoms with E-state index in [1.165, 1.54) is 30.3 Å². The normalized spacial score (nSPS) is 32.6. The average molecular weight is 350 g/mol. The Balaban J connectivity index is 2.20. The molecule has 2 heterocycles. The third-order valence-corrected chi connectivity index (χ3v) is 4.06. The number of fused-ring (bicyclic) bond motifs is 1. The number of amides is 1. The fourth-order valence-electron chi connectivity index (χ4n) is 2.90. The molecule has 2 unspecified atom stereocenters. The monoisotopic (exact) mass is 350 g/mol. The molecule has 6 heteroatoms. The first kappa shape index (κ1) is 12.1. The van der Waals surface area contributed by atoms with Crippen molar-refractivity contribution in [3.8, 4) is 5.75 Å². The van der Waals surface area contributed by atoms with Crippen molar-refractivity contribution >= 4 is 11.9 Å². The number of carbonyl (C=O) groups excluding carboxylic acids is 2. The highest BCUT2D eigenvalue weighted by molar-refractivity contribution is 6.02. The minimum Gasteiger partial charge on any atom is -0.486 e. The Morgan fingerprint density at radius 2 is 2.28 bits per heavy atom. The van der Waals surface area contributed by atoms with Crippen molar-refractivity contribution in [1.29, 1.82) is 0 Å². The van der Waals surface area contributed by atoms with Crippen LogP contribution in [0.2, 0.25) is 0 Å². The molecule has 1 saturated heterocycles. The zero-order chi connectivity index (χ0) is 22.5. The molecule has 1 aromatic rings. The van der Waals surface area contributed by atoms with E-state index in [0.29, 0.717) is 0 Å². The van der Waals surface area contributed by atoms with Gasteiger partial charge < -0.3 is 19.5 Å². The van der Waals surface area contributed by atoms with Gasteiger partial charge in [0.25, 0.3) is 0 Å². The summed E-state index contributed by atoms with van der Waals surface area (Å²) in [5.41, 5.74) is -2.78. The second-order valence-electron chi connectivity index (χ2n) is 5.77. The van der Waals surface area contributed by atoms with E-state index in [4.69, 9.17) is 16.3 Å². The van der Waals surface area contributed by atoms with Crippen molar-refractivity contribution in [1.82, 2.24) is 4.90 Å². The van der Waals surface area contributed by atoms with Gasteiger partial charge in [0.15, 0.2) is 5.78 Å². The van der Waals surface area contributed by atoms with E-state index in [0.717, 1.165) is 11.8 Å². The maximum absolute atomic E-state index is 13.3. The van der Waals surface area contributed by atoms with Gasteiger partial charge in [0.1, 0.15) is 18.0 Å². The van der Waals surface area contributed by atoms with Gasteiger partial charge >= 0.3 is 6.09 Å². The summed E-state index contributed by atoms with van der Waals surface area (Å²) in [5, 5.41) is 10.5. The number of hydrogen-bond acceptors (Lipinski definition) is 5. The Morgan fingerprint density at radius 3 is 2.92 bits per heavy atom. The standard InChI is InChI=1S/C19H23NO5/c1-3-12-24-18(23)20-10-8-19(9-11-20)16(13(2)21)17(22)14-6-4-5-7-15(14)25-19/h3-7,13,16,21H,1,8-12H2,2H3/i8D2,9D2,16D. The molecule has 6 nitrogen and oxygen atoms in total. The summed E-state index contributed by atoms with van der Waals surface area (Å²) < 4.78 is 54.2. The van der Waals surface area contributed by atoms with Crippen molar-refractivity contribution in [2.45, 2.75) is 31.4 Å². The molecule has 3 rings (SSSR count). The van der Waals surface area contributed by atoms with E-state index in [-0.39, 0.29) is 17.9 Å². The van der Waals surface area contributed by atoms with Gasteiger partial charge in [-0.15, -0.1) is 0 Å². The number of likely N-dealkylation sites (tertiary alicyclic amines) is 1. The summed E-state index contributed by atoms with van der Waals surface area (Å²) in [4.78, 5) is 26.4. The number of nitrogens with zero attached hydrogens (tertiary/aromatic N) is 1. The summed E-state index contributed by atoms with van der Waals surface area (Å²) >= 11 is 0. The third-order valence-electron chi connectivity index (χ3n) is 4.06. The second kappa shape index (κ2) is 6.88. The fourth-order valence-corrected chi connectivity index (χ4v) is 2.90.